The van der Waals surface area contributed by atoms with E-state index in [0.717, 1.165) is 18.8 Å². The van der Waals surface area contributed by atoms with Crippen LogP contribution in [0.15, 0.2) is 6.33 Å². The molecule has 0 radical (unpaired) electrons. The summed E-state index contributed by atoms with van der Waals surface area (Å²) in [6, 6.07) is 0.540. The van der Waals surface area contributed by atoms with Crippen LogP contribution in [0.3, 0.4) is 0 Å². The van der Waals surface area contributed by atoms with Crippen molar-refractivity contribution in [3.63, 3.8) is 0 Å². The van der Waals surface area contributed by atoms with Crippen molar-refractivity contribution >= 4 is 23.1 Å². The van der Waals surface area contributed by atoms with E-state index >= 15 is 0 Å². The predicted molar refractivity (Wildman–Crippen MR) is 62.1 cm³/mol. The number of nitrogens with zero attached hydrogens (tertiary/aromatic N) is 3. The fourth-order valence-corrected chi connectivity index (χ4v) is 2.26. The molecular weight excluding hydrogens is 212 g/mol. The van der Waals surface area contributed by atoms with Gasteiger partial charge in [0.25, 0.3) is 0 Å². The van der Waals surface area contributed by atoms with Crippen LogP contribution in [-0.4, -0.2) is 22.6 Å². The molecule has 15 heavy (non-hydrogen) atoms. The highest BCUT2D eigenvalue weighted by molar-refractivity contribution is 6.32. The first-order chi connectivity index (χ1) is 7.24. The third-order valence-electron chi connectivity index (χ3n) is 2.93. The van der Waals surface area contributed by atoms with Crippen LogP contribution in [0, 0.1) is 0 Å². The van der Waals surface area contributed by atoms with Gasteiger partial charge in [0.15, 0.2) is 11.0 Å². The maximum atomic E-state index is 5.88. The van der Waals surface area contributed by atoms with E-state index in [1.807, 2.05) is 0 Å². The van der Waals surface area contributed by atoms with E-state index in [-0.39, 0.29) is 0 Å². The van der Waals surface area contributed by atoms with E-state index in [4.69, 9.17) is 17.3 Å². The van der Waals surface area contributed by atoms with Gasteiger partial charge in [-0.2, -0.15) is 0 Å². The van der Waals surface area contributed by atoms with Crippen LogP contribution in [-0.2, 0) is 0 Å². The smallest absolute Gasteiger partial charge is 0.157 e. The largest absolute Gasteiger partial charge is 0.393 e. The summed E-state index contributed by atoms with van der Waals surface area (Å²) in [7, 11) is 0. The molecule has 2 rings (SSSR count). The molecule has 82 valence electrons. The lowest BCUT2D eigenvalue weighted by atomic mass is 10.2. The Hall–Kier alpha value is -1.03. The summed E-state index contributed by atoms with van der Waals surface area (Å²) >= 11 is 5.88. The molecular formula is C10H15ClN4. The molecule has 1 saturated heterocycles. The maximum absolute atomic E-state index is 5.88. The lowest BCUT2D eigenvalue weighted by molar-refractivity contribution is 0.640. The molecule has 5 heteroatoms. The second kappa shape index (κ2) is 4.23. The highest BCUT2D eigenvalue weighted by Gasteiger charge is 2.26. The van der Waals surface area contributed by atoms with Crippen molar-refractivity contribution in [2.75, 3.05) is 17.2 Å². The van der Waals surface area contributed by atoms with Crippen LogP contribution in [0.25, 0.3) is 0 Å². The van der Waals surface area contributed by atoms with Gasteiger partial charge in [-0.25, -0.2) is 9.97 Å². The van der Waals surface area contributed by atoms with Gasteiger partial charge in [0, 0.05) is 12.6 Å². The summed E-state index contributed by atoms with van der Waals surface area (Å²) in [5.74, 6) is 0.791. The van der Waals surface area contributed by atoms with Crippen molar-refractivity contribution in [1.82, 2.24) is 9.97 Å². The molecule has 0 unspecified atom stereocenters. The Morgan fingerprint density at radius 2 is 2.40 bits per heavy atom. The number of halogens is 1. The molecule has 0 bridgehead atoms. The molecule has 1 aromatic rings. The molecule has 1 atom stereocenters. The van der Waals surface area contributed by atoms with Crippen LogP contribution in [0.2, 0.25) is 5.15 Å². The minimum absolute atomic E-state index is 0.349. The van der Waals surface area contributed by atoms with Gasteiger partial charge < -0.3 is 10.6 Å². The van der Waals surface area contributed by atoms with Gasteiger partial charge >= 0.3 is 0 Å². The summed E-state index contributed by atoms with van der Waals surface area (Å²) < 4.78 is 0. The zero-order valence-corrected chi connectivity index (χ0v) is 9.54. The number of nitrogens with two attached hydrogens (primary N) is 1. The van der Waals surface area contributed by atoms with E-state index in [9.17, 15) is 0 Å². The van der Waals surface area contributed by atoms with Gasteiger partial charge in [-0.15, -0.1) is 0 Å². The summed E-state index contributed by atoms with van der Waals surface area (Å²) in [6.45, 7) is 3.19. The standard InChI is InChI=1S/C10H15ClN4/c1-2-7-4-3-5-15(7)10-8(12)9(11)13-6-14-10/h6-7H,2-5,12H2,1H3/t7-/m0/s1. The number of hydrogen-bond acceptors (Lipinski definition) is 4. The van der Waals surface area contributed by atoms with Gasteiger partial charge in [-0.3, -0.25) is 0 Å². The molecule has 2 heterocycles. The SMILES string of the molecule is CC[C@H]1CCCN1c1ncnc(Cl)c1N. The van der Waals surface area contributed by atoms with E-state index in [1.54, 1.807) is 0 Å². The molecule has 1 aliphatic rings. The molecule has 0 amide bonds. The highest BCUT2D eigenvalue weighted by atomic mass is 35.5. The molecule has 1 fully saturated rings. The second-order valence-corrected chi connectivity index (χ2v) is 4.16. The normalized spacial score (nSPS) is 20.9. The van der Waals surface area contributed by atoms with Crippen LogP contribution < -0.4 is 10.6 Å². The molecule has 0 aromatic carbocycles. The van der Waals surface area contributed by atoms with E-state index < -0.39 is 0 Å². The zero-order valence-electron chi connectivity index (χ0n) is 8.78. The summed E-state index contributed by atoms with van der Waals surface area (Å²) in [5.41, 5.74) is 6.38. The van der Waals surface area contributed by atoms with Crippen LogP contribution in [0.5, 0.6) is 0 Å². The molecule has 1 aromatic heterocycles. The highest BCUT2D eigenvalue weighted by Crippen LogP contribution is 2.32. The maximum Gasteiger partial charge on any atom is 0.157 e. The number of hydrogen-bond donors (Lipinski definition) is 1. The van der Waals surface area contributed by atoms with Crippen molar-refractivity contribution in [3.8, 4) is 0 Å². The Labute approximate surface area is 94.5 Å². The van der Waals surface area contributed by atoms with Crippen molar-refractivity contribution < 1.29 is 0 Å². The zero-order chi connectivity index (χ0) is 10.8. The van der Waals surface area contributed by atoms with Crippen LogP contribution in [0.4, 0.5) is 11.5 Å². The fraction of sp³-hybridized carbons (Fsp3) is 0.600. The van der Waals surface area contributed by atoms with Crippen molar-refractivity contribution in [1.29, 1.82) is 0 Å². The first-order valence-corrected chi connectivity index (χ1v) is 5.64. The van der Waals surface area contributed by atoms with Crippen LogP contribution >= 0.6 is 11.6 Å². The third kappa shape index (κ3) is 1.86. The Bertz CT molecular complexity index is 355. The average Bonchev–Trinajstić information content (AvgIpc) is 2.70. The lowest BCUT2D eigenvalue weighted by Gasteiger charge is -2.25. The fourth-order valence-electron chi connectivity index (χ4n) is 2.13. The number of anilines is 2. The molecule has 0 saturated carbocycles. The quantitative estimate of drug-likeness (QED) is 0.785. The van der Waals surface area contributed by atoms with Gasteiger partial charge in [0.05, 0.1) is 0 Å². The van der Waals surface area contributed by atoms with Gasteiger partial charge in [0.1, 0.15) is 12.0 Å². The van der Waals surface area contributed by atoms with Crippen molar-refractivity contribution in [3.05, 3.63) is 11.5 Å². The Balaban J connectivity index is 2.32. The number of rotatable bonds is 2. The first-order valence-electron chi connectivity index (χ1n) is 5.26. The Morgan fingerprint density at radius 1 is 1.60 bits per heavy atom. The summed E-state index contributed by atoms with van der Waals surface area (Å²) in [5, 5.41) is 0.349. The van der Waals surface area contributed by atoms with Crippen molar-refractivity contribution in [2.24, 2.45) is 0 Å². The van der Waals surface area contributed by atoms with Crippen molar-refractivity contribution in [2.45, 2.75) is 32.2 Å². The Morgan fingerprint density at radius 3 is 3.13 bits per heavy atom. The minimum atomic E-state index is 0.349. The molecule has 2 N–H and O–H groups in total. The second-order valence-electron chi connectivity index (χ2n) is 3.80. The third-order valence-corrected chi connectivity index (χ3v) is 3.24. The lowest BCUT2D eigenvalue weighted by Crippen LogP contribution is -2.30. The van der Waals surface area contributed by atoms with Gasteiger partial charge in [-0.1, -0.05) is 18.5 Å². The van der Waals surface area contributed by atoms with Gasteiger partial charge in [-0.05, 0) is 19.3 Å². The summed E-state index contributed by atoms with van der Waals surface area (Å²) in [6.07, 6.45) is 4.98. The van der Waals surface area contributed by atoms with E-state index in [1.165, 1.54) is 19.2 Å². The number of nitrogen functional groups attached to an aromatic ring is 1. The van der Waals surface area contributed by atoms with E-state index in [0.29, 0.717) is 16.9 Å². The molecule has 0 spiro atoms. The average molecular weight is 227 g/mol. The number of aromatic nitrogens is 2. The minimum Gasteiger partial charge on any atom is -0.393 e. The molecule has 0 aliphatic carbocycles. The van der Waals surface area contributed by atoms with Gasteiger partial charge in [0.2, 0.25) is 0 Å². The first kappa shape index (κ1) is 10.5. The molecule has 1 aliphatic heterocycles. The topological polar surface area (TPSA) is 55.0 Å². The predicted octanol–water partition coefficient (Wildman–Crippen LogP) is 2.09. The monoisotopic (exact) mass is 226 g/mol. The van der Waals surface area contributed by atoms with E-state index in [2.05, 4.69) is 21.8 Å². The molecule has 4 nitrogen and oxygen atoms in total. The van der Waals surface area contributed by atoms with Crippen LogP contribution in [0.1, 0.15) is 26.2 Å². The Kier molecular flexibility index (Phi) is 2.95. The summed E-state index contributed by atoms with van der Waals surface area (Å²) in [4.78, 5) is 10.3.